The van der Waals surface area contributed by atoms with Crippen LogP contribution in [0.15, 0.2) is 30.3 Å². The summed E-state index contributed by atoms with van der Waals surface area (Å²) in [6.45, 7) is 1.63. The summed E-state index contributed by atoms with van der Waals surface area (Å²) in [4.78, 5) is 21.9. The molecular formula is C14H9Cl2FN2O4. The first-order valence-electron chi connectivity index (χ1n) is 6.16. The van der Waals surface area contributed by atoms with Crippen LogP contribution in [0, 0.1) is 22.9 Å². The Balaban J connectivity index is 2.23. The van der Waals surface area contributed by atoms with Crippen LogP contribution in [0.4, 0.5) is 20.6 Å². The van der Waals surface area contributed by atoms with Gasteiger partial charge in [0.1, 0.15) is 11.5 Å². The van der Waals surface area contributed by atoms with Crippen LogP contribution < -0.4 is 10.1 Å². The van der Waals surface area contributed by atoms with E-state index in [9.17, 15) is 19.3 Å². The number of amides is 1. The van der Waals surface area contributed by atoms with Crippen LogP contribution >= 0.6 is 23.2 Å². The Labute approximate surface area is 139 Å². The van der Waals surface area contributed by atoms with Gasteiger partial charge in [0.25, 0.3) is 5.69 Å². The molecule has 9 heteroatoms. The number of ether oxygens (including phenoxy) is 1. The number of halogens is 3. The lowest BCUT2D eigenvalue weighted by Gasteiger charge is -2.11. The van der Waals surface area contributed by atoms with Crippen LogP contribution in [0.3, 0.4) is 0 Å². The smallest absolute Gasteiger partial charge is 0.408 e. The first kappa shape index (κ1) is 17.0. The molecule has 1 N–H and O–H groups in total. The van der Waals surface area contributed by atoms with Crippen LogP contribution in [0.2, 0.25) is 10.0 Å². The summed E-state index contributed by atoms with van der Waals surface area (Å²) in [6.07, 6.45) is -1.01. The second-order valence-electron chi connectivity index (χ2n) is 4.47. The molecule has 6 nitrogen and oxygen atoms in total. The average Bonchev–Trinajstić information content (AvgIpc) is 2.44. The van der Waals surface area contributed by atoms with E-state index in [0.29, 0.717) is 16.7 Å². The lowest BCUT2D eigenvalue weighted by molar-refractivity contribution is -0.384. The normalized spacial score (nSPS) is 10.3. The van der Waals surface area contributed by atoms with Crippen molar-refractivity contribution in [1.82, 2.24) is 0 Å². The largest absolute Gasteiger partial charge is 0.417 e. The minimum absolute atomic E-state index is 0.0679. The van der Waals surface area contributed by atoms with E-state index >= 15 is 0 Å². The highest BCUT2D eigenvalue weighted by molar-refractivity contribution is 6.35. The van der Waals surface area contributed by atoms with Gasteiger partial charge in [0, 0.05) is 5.02 Å². The van der Waals surface area contributed by atoms with E-state index in [0.717, 1.165) is 12.1 Å². The molecule has 0 heterocycles. The number of nitro groups is 1. The molecule has 0 aliphatic carbocycles. The predicted octanol–water partition coefficient (Wildman–Crippen LogP) is 4.96. The maximum Gasteiger partial charge on any atom is 0.417 e. The standard InChI is InChI=1S/C14H9Cl2FN2O4/c1-7-4-8(15)5-10(16)13(7)23-14(20)18-11-3-2-9(17)6-12(11)19(21)22/h2-6H,1H3,(H,18,20). The molecule has 2 rings (SSSR count). The molecular weight excluding hydrogens is 350 g/mol. The Morgan fingerprint density at radius 3 is 2.61 bits per heavy atom. The molecule has 0 fully saturated rings. The Hall–Kier alpha value is -2.38. The van der Waals surface area contributed by atoms with Crippen molar-refractivity contribution >= 4 is 40.7 Å². The first-order chi connectivity index (χ1) is 10.8. The molecule has 0 aromatic heterocycles. The molecule has 0 unspecified atom stereocenters. The first-order valence-corrected chi connectivity index (χ1v) is 6.92. The maximum absolute atomic E-state index is 13.1. The van der Waals surface area contributed by atoms with Crippen molar-refractivity contribution < 1.29 is 18.8 Å². The third-order valence-electron chi connectivity index (χ3n) is 2.78. The van der Waals surface area contributed by atoms with Gasteiger partial charge in [-0.3, -0.25) is 15.4 Å². The summed E-state index contributed by atoms with van der Waals surface area (Å²) in [5.74, 6) is -0.731. The van der Waals surface area contributed by atoms with E-state index in [1.165, 1.54) is 12.1 Å². The van der Waals surface area contributed by atoms with Gasteiger partial charge in [-0.15, -0.1) is 0 Å². The number of anilines is 1. The number of aryl methyl sites for hydroxylation is 1. The molecule has 0 saturated heterocycles. The van der Waals surface area contributed by atoms with Gasteiger partial charge < -0.3 is 4.74 Å². The highest BCUT2D eigenvalue weighted by atomic mass is 35.5. The van der Waals surface area contributed by atoms with E-state index in [-0.39, 0.29) is 16.5 Å². The fourth-order valence-electron chi connectivity index (χ4n) is 1.81. The summed E-state index contributed by atoms with van der Waals surface area (Å²) >= 11 is 11.7. The zero-order chi connectivity index (χ0) is 17.1. The van der Waals surface area contributed by atoms with E-state index in [1.807, 2.05) is 0 Å². The Morgan fingerprint density at radius 1 is 1.30 bits per heavy atom. The van der Waals surface area contributed by atoms with Crippen molar-refractivity contribution in [2.24, 2.45) is 0 Å². The monoisotopic (exact) mass is 358 g/mol. The van der Waals surface area contributed by atoms with Crippen LogP contribution in [0.5, 0.6) is 5.75 Å². The minimum atomic E-state index is -1.01. The number of nitrogens with one attached hydrogen (secondary N) is 1. The summed E-state index contributed by atoms with van der Waals surface area (Å²) in [7, 11) is 0. The van der Waals surface area contributed by atoms with Gasteiger partial charge in [0.05, 0.1) is 16.0 Å². The van der Waals surface area contributed by atoms with Crippen molar-refractivity contribution in [3.8, 4) is 5.75 Å². The number of nitro benzene ring substituents is 1. The van der Waals surface area contributed by atoms with E-state index in [4.69, 9.17) is 27.9 Å². The summed E-state index contributed by atoms with van der Waals surface area (Å²) in [5, 5.41) is 13.5. The topological polar surface area (TPSA) is 81.5 Å². The fraction of sp³-hybridized carbons (Fsp3) is 0.0714. The minimum Gasteiger partial charge on any atom is -0.408 e. The molecule has 2 aromatic carbocycles. The van der Waals surface area contributed by atoms with Crippen molar-refractivity contribution in [3.63, 3.8) is 0 Å². The van der Waals surface area contributed by atoms with Crippen LogP contribution in [-0.2, 0) is 0 Å². The highest BCUT2D eigenvalue weighted by Crippen LogP contribution is 2.32. The van der Waals surface area contributed by atoms with Crippen molar-refractivity contribution in [1.29, 1.82) is 0 Å². The number of benzene rings is 2. The van der Waals surface area contributed by atoms with Crippen molar-refractivity contribution in [3.05, 3.63) is 61.9 Å². The van der Waals surface area contributed by atoms with Crippen LogP contribution in [0.1, 0.15) is 5.56 Å². The Bertz CT molecular complexity index is 775. The molecule has 0 aliphatic rings. The number of carbonyl (C=O) groups excluding carboxylic acids is 1. The van der Waals surface area contributed by atoms with Gasteiger partial charge in [0.2, 0.25) is 0 Å². The number of carbonyl (C=O) groups is 1. The quantitative estimate of drug-likeness (QED) is 0.620. The molecule has 0 saturated carbocycles. The van der Waals surface area contributed by atoms with Gasteiger partial charge in [-0.25, -0.2) is 9.18 Å². The molecule has 1 amide bonds. The molecule has 0 radical (unpaired) electrons. The summed E-state index contributed by atoms with van der Waals surface area (Å²) in [5.41, 5.74) is -0.295. The molecule has 2 aromatic rings. The number of nitrogens with zero attached hydrogens (tertiary/aromatic N) is 1. The Kier molecular flexibility index (Phi) is 5.02. The lowest BCUT2D eigenvalue weighted by atomic mass is 10.2. The van der Waals surface area contributed by atoms with Gasteiger partial charge in [0.15, 0.2) is 5.75 Å². The fourth-order valence-corrected chi connectivity index (χ4v) is 2.44. The average molecular weight is 359 g/mol. The van der Waals surface area contributed by atoms with E-state index < -0.39 is 22.5 Å². The molecule has 0 atom stereocenters. The second kappa shape index (κ2) is 6.80. The van der Waals surface area contributed by atoms with Gasteiger partial charge in [-0.2, -0.15) is 0 Å². The van der Waals surface area contributed by atoms with Gasteiger partial charge in [-0.1, -0.05) is 23.2 Å². The molecule has 120 valence electrons. The third-order valence-corrected chi connectivity index (χ3v) is 3.28. The molecule has 0 bridgehead atoms. The maximum atomic E-state index is 13.1. The second-order valence-corrected chi connectivity index (χ2v) is 5.31. The van der Waals surface area contributed by atoms with E-state index in [1.54, 1.807) is 6.92 Å². The summed E-state index contributed by atoms with van der Waals surface area (Å²) in [6, 6.07) is 5.65. The molecule has 0 aliphatic heterocycles. The van der Waals surface area contributed by atoms with Gasteiger partial charge >= 0.3 is 6.09 Å². The Morgan fingerprint density at radius 2 is 2.00 bits per heavy atom. The number of rotatable bonds is 3. The zero-order valence-corrected chi connectivity index (χ0v) is 13.1. The SMILES string of the molecule is Cc1cc(Cl)cc(Cl)c1OC(=O)Nc1ccc(F)cc1[N+](=O)[O-]. The van der Waals surface area contributed by atoms with Crippen molar-refractivity contribution in [2.45, 2.75) is 6.92 Å². The molecule has 23 heavy (non-hydrogen) atoms. The van der Waals surface area contributed by atoms with Gasteiger partial charge in [-0.05, 0) is 36.8 Å². The van der Waals surface area contributed by atoms with Crippen LogP contribution in [-0.4, -0.2) is 11.0 Å². The van der Waals surface area contributed by atoms with Crippen LogP contribution in [0.25, 0.3) is 0 Å². The summed E-state index contributed by atoms with van der Waals surface area (Å²) < 4.78 is 18.1. The lowest BCUT2D eigenvalue weighted by Crippen LogP contribution is -2.18. The number of hydrogen-bond donors (Lipinski definition) is 1. The third kappa shape index (κ3) is 4.08. The number of hydrogen-bond acceptors (Lipinski definition) is 4. The predicted molar refractivity (Wildman–Crippen MR) is 83.9 cm³/mol. The van der Waals surface area contributed by atoms with Crippen molar-refractivity contribution in [2.75, 3.05) is 5.32 Å². The molecule has 0 spiro atoms. The zero-order valence-electron chi connectivity index (χ0n) is 11.6. The van der Waals surface area contributed by atoms with E-state index in [2.05, 4.69) is 5.32 Å². The highest BCUT2D eigenvalue weighted by Gasteiger charge is 2.19.